The van der Waals surface area contributed by atoms with Gasteiger partial charge in [-0.3, -0.25) is 0 Å². The quantitative estimate of drug-likeness (QED) is 0.245. The molecular formula is C28H25Cl2N3O4S. The number of fused-ring (bicyclic) bond motifs is 3. The maximum atomic E-state index is 11.4. The Labute approximate surface area is 233 Å². The van der Waals surface area contributed by atoms with Crippen LogP contribution in [0, 0.1) is 0 Å². The Kier molecular flexibility index (Phi) is 6.11. The highest BCUT2D eigenvalue weighted by atomic mass is 35.5. The number of thiazole rings is 1. The fourth-order valence-electron chi connectivity index (χ4n) is 5.98. The van der Waals surface area contributed by atoms with Gasteiger partial charge in [0.25, 0.3) is 0 Å². The lowest BCUT2D eigenvalue weighted by atomic mass is 10.00. The SMILES string of the molecule is O=C(O)c1ccc2nc(N3[C@@H]4CC[C@H]3CC(OCc3c(-c5c(Cl)cccc5Cl)noc3C3CC3)C4)sc2c1. The lowest BCUT2D eigenvalue weighted by molar-refractivity contribution is 0.0147. The molecule has 38 heavy (non-hydrogen) atoms. The van der Waals surface area contributed by atoms with Gasteiger partial charge >= 0.3 is 5.97 Å². The smallest absolute Gasteiger partial charge is 0.335 e. The molecule has 0 amide bonds. The Morgan fingerprint density at radius 3 is 2.53 bits per heavy atom. The van der Waals surface area contributed by atoms with E-state index in [-0.39, 0.29) is 6.10 Å². The lowest BCUT2D eigenvalue weighted by Gasteiger charge is -2.38. The first-order chi connectivity index (χ1) is 18.5. The van der Waals surface area contributed by atoms with Crippen molar-refractivity contribution in [1.82, 2.24) is 10.1 Å². The fourth-order valence-corrected chi connectivity index (χ4v) is 7.71. The van der Waals surface area contributed by atoms with Crippen LogP contribution in [0.2, 0.25) is 10.0 Å². The first-order valence-corrected chi connectivity index (χ1v) is 14.5. The maximum Gasteiger partial charge on any atom is 0.335 e. The highest BCUT2D eigenvalue weighted by molar-refractivity contribution is 7.22. The van der Waals surface area contributed by atoms with E-state index in [1.54, 1.807) is 29.5 Å². The molecule has 1 N–H and O–H groups in total. The van der Waals surface area contributed by atoms with Crippen molar-refractivity contribution in [3.63, 3.8) is 0 Å². The third kappa shape index (κ3) is 4.28. The molecule has 2 bridgehead atoms. The van der Waals surface area contributed by atoms with Crippen LogP contribution < -0.4 is 4.90 Å². The number of nitrogens with zero attached hydrogens (tertiary/aromatic N) is 3. The van der Waals surface area contributed by atoms with Crippen molar-refractivity contribution in [3.05, 3.63) is 63.3 Å². The van der Waals surface area contributed by atoms with Gasteiger partial charge in [0.1, 0.15) is 11.5 Å². The molecule has 3 fully saturated rings. The number of benzene rings is 2. The molecule has 2 saturated heterocycles. The van der Waals surface area contributed by atoms with E-state index in [1.165, 1.54) is 0 Å². The molecule has 0 spiro atoms. The Hall–Kier alpha value is -2.65. The summed E-state index contributed by atoms with van der Waals surface area (Å²) < 4.78 is 13.3. The third-order valence-corrected chi connectivity index (χ3v) is 9.63. The van der Waals surface area contributed by atoms with Gasteiger partial charge in [0.2, 0.25) is 0 Å². The summed E-state index contributed by atoms with van der Waals surface area (Å²) in [6, 6.07) is 11.3. The number of aromatic carboxylic acids is 1. The van der Waals surface area contributed by atoms with E-state index < -0.39 is 5.97 Å². The number of hydrogen-bond donors (Lipinski definition) is 1. The number of carbonyl (C=O) groups is 1. The van der Waals surface area contributed by atoms with Crippen LogP contribution in [0.3, 0.4) is 0 Å². The maximum absolute atomic E-state index is 11.4. The second-order valence-corrected chi connectivity index (χ2v) is 12.2. The molecule has 10 heteroatoms. The van der Waals surface area contributed by atoms with Crippen LogP contribution in [0.15, 0.2) is 40.9 Å². The van der Waals surface area contributed by atoms with Gasteiger partial charge in [0.05, 0.1) is 38.5 Å². The summed E-state index contributed by atoms with van der Waals surface area (Å²) in [5, 5.41) is 15.8. The molecule has 3 aliphatic rings. The van der Waals surface area contributed by atoms with Gasteiger partial charge in [0, 0.05) is 29.1 Å². The number of rotatable bonds is 7. The molecule has 2 aliphatic heterocycles. The average molecular weight is 570 g/mol. The molecule has 1 aliphatic carbocycles. The van der Waals surface area contributed by atoms with E-state index in [4.69, 9.17) is 37.4 Å². The minimum Gasteiger partial charge on any atom is -0.478 e. The number of carboxylic acid groups (broad SMARTS) is 1. The summed E-state index contributed by atoms with van der Waals surface area (Å²) in [5.41, 5.74) is 3.47. The van der Waals surface area contributed by atoms with Gasteiger partial charge in [-0.2, -0.15) is 0 Å². The topological polar surface area (TPSA) is 88.7 Å². The van der Waals surface area contributed by atoms with Crippen LogP contribution in [-0.4, -0.2) is 39.4 Å². The molecule has 4 heterocycles. The summed E-state index contributed by atoms with van der Waals surface area (Å²) >= 11 is 14.6. The predicted molar refractivity (Wildman–Crippen MR) is 148 cm³/mol. The van der Waals surface area contributed by atoms with E-state index in [1.807, 2.05) is 18.2 Å². The van der Waals surface area contributed by atoms with Crippen molar-refractivity contribution in [3.8, 4) is 11.3 Å². The largest absolute Gasteiger partial charge is 0.478 e. The molecule has 1 unspecified atom stereocenters. The van der Waals surface area contributed by atoms with Crippen molar-refractivity contribution in [2.75, 3.05) is 4.90 Å². The van der Waals surface area contributed by atoms with Gasteiger partial charge in [0.15, 0.2) is 5.13 Å². The van der Waals surface area contributed by atoms with Gasteiger partial charge < -0.3 is 19.3 Å². The predicted octanol–water partition coefficient (Wildman–Crippen LogP) is 7.55. The van der Waals surface area contributed by atoms with Crippen molar-refractivity contribution in [2.24, 2.45) is 0 Å². The zero-order valence-corrected chi connectivity index (χ0v) is 22.7. The first kappa shape index (κ1) is 24.4. The molecule has 3 atom stereocenters. The second kappa shape index (κ2) is 9.52. The zero-order chi connectivity index (χ0) is 26.0. The molecule has 7 nitrogen and oxygen atoms in total. The molecule has 196 valence electrons. The van der Waals surface area contributed by atoms with E-state index in [0.717, 1.165) is 65.2 Å². The standard InChI is InChI=1S/C28H25Cl2N3O4S/c29-20-2-1-3-21(30)24(20)25-19(26(37-32-25)14-4-5-14)13-36-18-11-16-7-8-17(12-18)33(16)28-31-22-9-6-15(27(34)35)10-23(22)38-28/h1-3,6,9-10,14,16-18H,4-5,7-8,11-13H2,(H,34,35)/t16-,17+,18?. The van der Waals surface area contributed by atoms with E-state index in [9.17, 15) is 9.90 Å². The van der Waals surface area contributed by atoms with Gasteiger partial charge in [-0.15, -0.1) is 0 Å². The normalized spacial score (nSPS) is 22.9. The number of carboxylic acids is 1. The summed E-state index contributed by atoms with van der Waals surface area (Å²) in [5.74, 6) is 0.360. The van der Waals surface area contributed by atoms with Gasteiger partial charge in [-0.1, -0.05) is 45.8 Å². The van der Waals surface area contributed by atoms with Crippen LogP contribution in [0.5, 0.6) is 0 Å². The average Bonchev–Trinajstić information content (AvgIpc) is 3.42. The Morgan fingerprint density at radius 2 is 1.84 bits per heavy atom. The number of piperidine rings is 1. The molecular weight excluding hydrogens is 545 g/mol. The number of hydrogen-bond acceptors (Lipinski definition) is 7. The Morgan fingerprint density at radius 1 is 1.11 bits per heavy atom. The molecule has 4 aromatic rings. The molecule has 0 radical (unpaired) electrons. The summed E-state index contributed by atoms with van der Waals surface area (Å²) in [7, 11) is 0. The summed E-state index contributed by atoms with van der Waals surface area (Å²) in [6.45, 7) is 0.412. The van der Waals surface area contributed by atoms with Crippen LogP contribution in [-0.2, 0) is 11.3 Å². The van der Waals surface area contributed by atoms with Crippen molar-refractivity contribution >= 4 is 55.9 Å². The molecule has 7 rings (SSSR count). The second-order valence-electron chi connectivity index (χ2n) is 10.4. The number of aromatic nitrogens is 2. The number of anilines is 1. The monoisotopic (exact) mass is 569 g/mol. The number of halogens is 2. The zero-order valence-electron chi connectivity index (χ0n) is 20.4. The van der Waals surface area contributed by atoms with Crippen LogP contribution >= 0.6 is 34.5 Å². The number of ether oxygens (including phenoxy) is 1. The van der Waals surface area contributed by atoms with Crippen LogP contribution in [0.25, 0.3) is 21.5 Å². The van der Waals surface area contributed by atoms with Crippen LogP contribution in [0.4, 0.5) is 5.13 Å². The first-order valence-electron chi connectivity index (χ1n) is 12.9. The molecule has 1 saturated carbocycles. The van der Waals surface area contributed by atoms with Crippen molar-refractivity contribution in [2.45, 2.75) is 69.2 Å². The van der Waals surface area contributed by atoms with E-state index >= 15 is 0 Å². The third-order valence-electron chi connectivity index (χ3n) is 7.96. The van der Waals surface area contributed by atoms with Crippen LogP contribution in [0.1, 0.15) is 66.1 Å². The Balaban J connectivity index is 1.10. The minimum atomic E-state index is -0.919. The highest BCUT2D eigenvalue weighted by Gasteiger charge is 2.43. The minimum absolute atomic E-state index is 0.119. The summed E-state index contributed by atoms with van der Waals surface area (Å²) in [6.07, 6.45) is 6.34. The molecule has 2 aromatic carbocycles. The van der Waals surface area contributed by atoms with Gasteiger partial charge in [-0.25, -0.2) is 9.78 Å². The van der Waals surface area contributed by atoms with Gasteiger partial charge in [-0.05, 0) is 68.9 Å². The summed E-state index contributed by atoms with van der Waals surface area (Å²) in [4.78, 5) is 18.7. The Bertz CT molecular complexity index is 1510. The fraction of sp³-hybridized carbons (Fsp3) is 0.393. The highest BCUT2D eigenvalue weighted by Crippen LogP contribution is 2.47. The van der Waals surface area contributed by atoms with E-state index in [2.05, 4.69) is 10.1 Å². The van der Waals surface area contributed by atoms with Crippen molar-refractivity contribution in [1.29, 1.82) is 0 Å². The van der Waals surface area contributed by atoms with E-state index in [0.29, 0.717) is 51.5 Å². The van der Waals surface area contributed by atoms with Crippen molar-refractivity contribution < 1.29 is 19.2 Å². The molecule has 2 aromatic heterocycles. The lowest BCUT2D eigenvalue weighted by Crippen LogP contribution is -2.45.